The number of aliphatic hydroxyl groups is 2. The summed E-state index contributed by atoms with van der Waals surface area (Å²) in [5, 5.41) is 19.7. The molecule has 0 spiro atoms. The maximum absolute atomic E-state index is 10.9. The third kappa shape index (κ3) is 4.11. The van der Waals surface area contributed by atoms with Gasteiger partial charge in [-0.05, 0) is 6.42 Å². The first-order valence-electron chi connectivity index (χ1n) is 3.87. The van der Waals surface area contributed by atoms with Gasteiger partial charge in [0.25, 0.3) is 10.1 Å². The van der Waals surface area contributed by atoms with Crippen LogP contribution >= 0.6 is 0 Å². The summed E-state index contributed by atoms with van der Waals surface area (Å²) < 4.78 is 30.6. The molecule has 4 N–H and O–H groups in total. The normalized spacial score (nSPS) is 15.7. The minimum Gasteiger partial charge on any atom is -1.00 e. The van der Waals surface area contributed by atoms with Crippen molar-refractivity contribution in [2.75, 3.05) is 19.8 Å². The molecule has 0 saturated heterocycles. The molecule has 0 aliphatic rings. The van der Waals surface area contributed by atoms with Crippen molar-refractivity contribution in [3.05, 3.63) is 0 Å². The molecule has 0 aliphatic carbocycles. The van der Waals surface area contributed by atoms with E-state index in [0.717, 1.165) is 0 Å². The van der Waals surface area contributed by atoms with E-state index in [1.54, 1.807) is 0 Å². The van der Waals surface area contributed by atoms with Crippen molar-refractivity contribution in [2.45, 2.75) is 18.2 Å². The van der Waals surface area contributed by atoms with Crippen molar-refractivity contribution in [1.29, 1.82) is 0 Å². The number of rotatable bonds is 6. The average Bonchev–Trinajstić information content (AvgIpc) is 2.05. The average molecular weight is 237 g/mol. The zero-order valence-corrected chi connectivity index (χ0v) is 11.2. The molecule has 6 nitrogen and oxygen atoms in total. The van der Waals surface area contributed by atoms with E-state index in [1.807, 2.05) is 0 Å². The molecule has 0 amide bonds. The first-order chi connectivity index (χ1) is 5.93. The monoisotopic (exact) mass is 237 g/mol. The fourth-order valence-electron chi connectivity index (χ4n) is 0.932. The van der Waals surface area contributed by atoms with Crippen LogP contribution in [0, 0.1) is 0 Å². The van der Waals surface area contributed by atoms with Crippen LogP contribution in [0.15, 0.2) is 0 Å². The Morgan fingerprint density at radius 3 is 2.14 bits per heavy atom. The van der Waals surface area contributed by atoms with Crippen LogP contribution < -0.4 is 34.9 Å². The van der Waals surface area contributed by atoms with E-state index in [9.17, 15) is 8.42 Å². The number of hydrogen-bond acceptors (Lipinski definition) is 5. The molecular weight excluding hydrogens is 221 g/mol. The summed E-state index contributed by atoms with van der Waals surface area (Å²) in [6.07, 6.45) is 0.0162. The van der Waals surface area contributed by atoms with Gasteiger partial charge >= 0.3 is 29.6 Å². The molecule has 0 aromatic heterocycles. The standard InChI is InChI=1S/C6H15NO5S.Na.H/c1-2-6(5-9,7-3-4-8)13(10,11)12;;/h7-9H,2-5H2,1H3,(H,10,11,12);;/q;+1;-1. The molecule has 0 bridgehead atoms. The first-order valence-corrected chi connectivity index (χ1v) is 5.31. The minimum absolute atomic E-state index is 0. The van der Waals surface area contributed by atoms with Gasteiger partial charge < -0.3 is 11.6 Å². The zero-order valence-electron chi connectivity index (χ0n) is 9.39. The summed E-state index contributed by atoms with van der Waals surface area (Å²) in [5.74, 6) is 0. The van der Waals surface area contributed by atoms with Crippen LogP contribution in [-0.4, -0.2) is 47.8 Å². The Kier molecular flexibility index (Phi) is 8.75. The van der Waals surface area contributed by atoms with E-state index in [4.69, 9.17) is 14.8 Å². The van der Waals surface area contributed by atoms with E-state index in [2.05, 4.69) is 5.32 Å². The van der Waals surface area contributed by atoms with Crippen LogP contribution in [0.5, 0.6) is 0 Å². The molecule has 0 rings (SSSR count). The Morgan fingerprint density at radius 2 is 1.93 bits per heavy atom. The van der Waals surface area contributed by atoms with Crippen LogP contribution in [0.4, 0.5) is 0 Å². The van der Waals surface area contributed by atoms with Crippen molar-refractivity contribution in [3.63, 3.8) is 0 Å². The molecular formula is C6H16NNaO5S. The van der Waals surface area contributed by atoms with Crippen LogP contribution in [0.2, 0.25) is 0 Å². The van der Waals surface area contributed by atoms with E-state index in [-0.39, 0.29) is 50.6 Å². The summed E-state index contributed by atoms with van der Waals surface area (Å²) in [7, 11) is -4.37. The second-order valence-corrected chi connectivity index (χ2v) is 4.36. The van der Waals surface area contributed by atoms with Crippen molar-refractivity contribution in [1.82, 2.24) is 5.32 Å². The van der Waals surface area contributed by atoms with E-state index < -0.39 is 21.6 Å². The number of aliphatic hydroxyl groups excluding tert-OH is 2. The maximum atomic E-state index is 10.9. The summed E-state index contributed by atoms with van der Waals surface area (Å²) in [6.45, 7) is 0.502. The second kappa shape index (κ2) is 7.13. The Hall–Kier alpha value is 0.790. The Bertz CT molecular complexity index is 244. The van der Waals surface area contributed by atoms with Crippen LogP contribution in [0.25, 0.3) is 0 Å². The Labute approximate surface area is 107 Å². The molecule has 0 heterocycles. The van der Waals surface area contributed by atoms with Crippen LogP contribution in [0.3, 0.4) is 0 Å². The van der Waals surface area contributed by atoms with Gasteiger partial charge in [0.15, 0.2) is 4.87 Å². The third-order valence-electron chi connectivity index (χ3n) is 1.88. The summed E-state index contributed by atoms with van der Waals surface area (Å²) >= 11 is 0. The van der Waals surface area contributed by atoms with Crippen molar-refractivity contribution in [2.24, 2.45) is 0 Å². The molecule has 82 valence electrons. The van der Waals surface area contributed by atoms with Gasteiger partial charge in [-0.1, -0.05) is 6.92 Å². The SMILES string of the molecule is CCC(CO)(NCCO)S(=O)(=O)O.[H-].[Na+]. The zero-order chi connectivity index (χ0) is 10.5. The third-order valence-corrected chi connectivity index (χ3v) is 3.43. The van der Waals surface area contributed by atoms with Gasteiger partial charge in [0.2, 0.25) is 0 Å². The van der Waals surface area contributed by atoms with Gasteiger partial charge in [-0.15, -0.1) is 0 Å². The van der Waals surface area contributed by atoms with Crippen LogP contribution in [0.1, 0.15) is 14.8 Å². The minimum atomic E-state index is -4.37. The van der Waals surface area contributed by atoms with Gasteiger partial charge in [0.1, 0.15) is 0 Å². The van der Waals surface area contributed by atoms with Gasteiger partial charge in [0.05, 0.1) is 13.2 Å². The molecule has 0 aromatic carbocycles. The number of nitrogens with one attached hydrogen (secondary N) is 1. The quantitative estimate of drug-likeness (QED) is 0.275. The summed E-state index contributed by atoms with van der Waals surface area (Å²) in [4.78, 5) is -1.75. The van der Waals surface area contributed by atoms with E-state index >= 15 is 0 Å². The maximum Gasteiger partial charge on any atom is 1.00 e. The molecule has 1 unspecified atom stereocenters. The van der Waals surface area contributed by atoms with Crippen molar-refractivity contribution in [3.8, 4) is 0 Å². The van der Waals surface area contributed by atoms with Gasteiger partial charge in [0, 0.05) is 6.54 Å². The molecule has 14 heavy (non-hydrogen) atoms. The van der Waals surface area contributed by atoms with Gasteiger partial charge in [-0.25, -0.2) is 0 Å². The molecule has 0 fully saturated rings. The molecule has 0 aliphatic heterocycles. The largest absolute Gasteiger partial charge is 1.00 e. The summed E-state index contributed by atoms with van der Waals surface area (Å²) in [6, 6.07) is 0. The Morgan fingerprint density at radius 1 is 1.43 bits per heavy atom. The predicted molar refractivity (Wildman–Crippen MR) is 47.9 cm³/mol. The summed E-state index contributed by atoms with van der Waals surface area (Å²) in [5.41, 5.74) is 0. The molecule has 0 radical (unpaired) electrons. The molecule has 0 aromatic rings. The van der Waals surface area contributed by atoms with Gasteiger partial charge in [-0.2, -0.15) is 8.42 Å². The van der Waals surface area contributed by atoms with Crippen molar-refractivity contribution < 1.29 is 54.2 Å². The van der Waals surface area contributed by atoms with E-state index in [0.29, 0.717) is 0 Å². The fraction of sp³-hybridized carbons (Fsp3) is 1.00. The fourth-order valence-corrected chi connectivity index (χ4v) is 1.74. The number of hydrogen-bond donors (Lipinski definition) is 4. The van der Waals surface area contributed by atoms with E-state index in [1.165, 1.54) is 6.92 Å². The second-order valence-electron chi connectivity index (χ2n) is 2.63. The Balaban J connectivity index is -0.000000720. The molecule has 1 atom stereocenters. The molecule has 8 heteroatoms. The first kappa shape index (κ1) is 17.2. The van der Waals surface area contributed by atoms with Crippen molar-refractivity contribution >= 4 is 10.1 Å². The predicted octanol–water partition coefficient (Wildman–Crippen LogP) is -4.33. The van der Waals surface area contributed by atoms with Crippen LogP contribution in [-0.2, 0) is 10.1 Å². The smallest absolute Gasteiger partial charge is 1.00 e. The molecule has 0 saturated carbocycles. The van der Waals surface area contributed by atoms with Gasteiger partial charge in [-0.3, -0.25) is 9.87 Å². The topological polar surface area (TPSA) is 107 Å².